The topological polar surface area (TPSA) is 76.6 Å². The van der Waals surface area contributed by atoms with E-state index in [1.165, 1.54) is 12.8 Å². The quantitative estimate of drug-likeness (QED) is 0.564. The van der Waals surface area contributed by atoms with Crippen LogP contribution in [0.3, 0.4) is 0 Å². The van der Waals surface area contributed by atoms with E-state index in [9.17, 15) is 4.79 Å². The zero-order valence-corrected chi connectivity index (χ0v) is 19.3. The fourth-order valence-corrected chi connectivity index (χ4v) is 6.00. The number of anilines is 1. The van der Waals surface area contributed by atoms with Gasteiger partial charge in [0.1, 0.15) is 17.0 Å². The van der Waals surface area contributed by atoms with Crippen LogP contribution in [0.4, 0.5) is 5.82 Å². The number of nitrogens with zero attached hydrogens (tertiary/aromatic N) is 3. The van der Waals surface area contributed by atoms with Gasteiger partial charge in [0.05, 0.1) is 31.6 Å². The average molecular weight is 455 g/mol. The van der Waals surface area contributed by atoms with Crippen LogP contribution in [0.1, 0.15) is 38.2 Å². The van der Waals surface area contributed by atoms with Gasteiger partial charge >= 0.3 is 5.97 Å². The molecule has 2 aliphatic rings. The van der Waals surface area contributed by atoms with E-state index in [0.717, 1.165) is 70.8 Å². The fourth-order valence-electron chi connectivity index (χ4n) is 4.97. The zero-order valence-electron chi connectivity index (χ0n) is 18.5. The van der Waals surface area contributed by atoms with Gasteiger partial charge in [0.15, 0.2) is 0 Å². The molecule has 1 aliphatic heterocycles. The second kappa shape index (κ2) is 9.68. The first kappa shape index (κ1) is 21.6. The molecule has 2 fully saturated rings. The summed E-state index contributed by atoms with van der Waals surface area (Å²) in [6, 6.07) is 7.27. The minimum atomic E-state index is -0.196. The number of fused-ring (bicyclic) bond motifs is 3. The van der Waals surface area contributed by atoms with Gasteiger partial charge in [-0.25, -0.2) is 9.97 Å². The molecular weight excluding hydrogens is 424 g/mol. The summed E-state index contributed by atoms with van der Waals surface area (Å²) in [4.78, 5) is 24.7. The van der Waals surface area contributed by atoms with Gasteiger partial charge in [0, 0.05) is 35.3 Å². The van der Waals surface area contributed by atoms with E-state index in [1.807, 2.05) is 13.0 Å². The van der Waals surface area contributed by atoms with Gasteiger partial charge in [-0.15, -0.1) is 11.3 Å². The molecule has 0 amide bonds. The van der Waals surface area contributed by atoms with E-state index in [2.05, 4.69) is 32.3 Å². The minimum Gasteiger partial charge on any atom is -0.466 e. The third kappa shape index (κ3) is 4.58. The Morgan fingerprint density at radius 2 is 2.03 bits per heavy atom. The predicted molar refractivity (Wildman–Crippen MR) is 127 cm³/mol. The Balaban J connectivity index is 1.34. The van der Waals surface area contributed by atoms with Crippen molar-refractivity contribution in [2.45, 2.75) is 51.1 Å². The molecule has 32 heavy (non-hydrogen) atoms. The third-order valence-corrected chi connectivity index (χ3v) is 7.66. The van der Waals surface area contributed by atoms with Gasteiger partial charge in [-0.3, -0.25) is 9.69 Å². The monoisotopic (exact) mass is 454 g/mol. The van der Waals surface area contributed by atoms with Crippen LogP contribution in [-0.4, -0.2) is 65.8 Å². The van der Waals surface area contributed by atoms with E-state index in [4.69, 9.17) is 9.47 Å². The second-order valence-electron chi connectivity index (χ2n) is 8.61. The Morgan fingerprint density at radius 1 is 1.22 bits per heavy atom. The molecule has 1 aliphatic carbocycles. The summed E-state index contributed by atoms with van der Waals surface area (Å²) in [5.74, 6) is 0.711. The van der Waals surface area contributed by atoms with Crippen LogP contribution in [0.15, 0.2) is 24.5 Å². The van der Waals surface area contributed by atoms with E-state index >= 15 is 0 Å². The molecule has 5 rings (SSSR count). The number of thiophene rings is 1. The molecular formula is C24H30N4O3S. The highest BCUT2D eigenvalue weighted by molar-refractivity contribution is 7.25. The maximum Gasteiger partial charge on any atom is 0.310 e. The number of rotatable bonds is 6. The molecule has 7 nitrogen and oxygen atoms in total. The van der Waals surface area contributed by atoms with Gasteiger partial charge < -0.3 is 14.8 Å². The molecule has 0 radical (unpaired) electrons. The highest BCUT2D eigenvalue weighted by Gasteiger charge is 2.27. The Kier molecular flexibility index (Phi) is 6.52. The number of benzene rings is 1. The van der Waals surface area contributed by atoms with Gasteiger partial charge in [-0.1, -0.05) is 6.07 Å². The minimum absolute atomic E-state index is 0.196. The van der Waals surface area contributed by atoms with E-state index in [1.54, 1.807) is 17.7 Å². The maximum absolute atomic E-state index is 12.0. The van der Waals surface area contributed by atoms with E-state index < -0.39 is 0 Å². The lowest BCUT2D eigenvalue weighted by Crippen LogP contribution is -2.46. The molecule has 0 atom stereocenters. The highest BCUT2D eigenvalue weighted by atomic mass is 32.1. The van der Waals surface area contributed by atoms with Crippen LogP contribution in [0.5, 0.6) is 0 Å². The van der Waals surface area contributed by atoms with Crippen molar-refractivity contribution in [3.05, 3.63) is 30.1 Å². The van der Waals surface area contributed by atoms with Gasteiger partial charge in [0.2, 0.25) is 0 Å². The summed E-state index contributed by atoms with van der Waals surface area (Å²) in [6.07, 6.45) is 6.63. The fraction of sp³-hybridized carbons (Fsp3) is 0.542. The van der Waals surface area contributed by atoms with Crippen molar-refractivity contribution in [2.75, 3.05) is 38.2 Å². The van der Waals surface area contributed by atoms with Crippen molar-refractivity contribution in [3.8, 4) is 0 Å². The summed E-state index contributed by atoms with van der Waals surface area (Å²) < 4.78 is 11.8. The van der Waals surface area contributed by atoms with Gasteiger partial charge in [-0.2, -0.15) is 0 Å². The largest absolute Gasteiger partial charge is 0.466 e. The molecule has 8 heteroatoms. The van der Waals surface area contributed by atoms with Gasteiger partial charge in [0.25, 0.3) is 0 Å². The molecule has 3 heterocycles. The van der Waals surface area contributed by atoms with E-state index in [-0.39, 0.29) is 12.4 Å². The van der Waals surface area contributed by atoms with Crippen LogP contribution < -0.4 is 5.32 Å². The molecule has 170 valence electrons. The molecule has 1 saturated heterocycles. The lowest BCUT2D eigenvalue weighted by Gasteiger charge is -2.39. The molecule has 0 spiro atoms. The molecule has 0 unspecified atom stereocenters. The van der Waals surface area contributed by atoms with Crippen molar-refractivity contribution in [2.24, 2.45) is 0 Å². The van der Waals surface area contributed by atoms with Crippen molar-refractivity contribution in [3.63, 3.8) is 0 Å². The molecule has 1 saturated carbocycles. The van der Waals surface area contributed by atoms with Crippen LogP contribution in [0.25, 0.3) is 20.3 Å². The number of hydrogen-bond donors (Lipinski definition) is 1. The average Bonchev–Trinajstić information content (AvgIpc) is 3.19. The number of hydrogen-bond acceptors (Lipinski definition) is 8. The second-order valence-corrected chi connectivity index (χ2v) is 9.65. The normalized spacial score (nSPS) is 22.3. The summed E-state index contributed by atoms with van der Waals surface area (Å²) in [6.45, 7) is 6.07. The Labute approximate surface area is 192 Å². The van der Waals surface area contributed by atoms with Gasteiger partial charge in [-0.05, 0) is 50.3 Å². The first-order valence-electron chi connectivity index (χ1n) is 11.6. The number of nitrogens with one attached hydrogen (secondary N) is 1. The first-order chi connectivity index (χ1) is 15.7. The third-order valence-electron chi connectivity index (χ3n) is 6.59. The summed E-state index contributed by atoms with van der Waals surface area (Å²) in [7, 11) is 0. The Bertz CT molecular complexity index is 1090. The number of carbonyl (C=O) groups excluding carboxylic acids is 1. The number of esters is 1. The van der Waals surface area contributed by atoms with Crippen molar-refractivity contribution in [1.29, 1.82) is 0 Å². The first-order valence-corrected chi connectivity index (χ1v) is 12.4. The standard InChI is InChI=1S/C24H30N4O3S/c1-2-31-21(29)14-16-3-8-20-19(13-16)22-23(25-15-26-24(22)32-20)27-17-4-6-18(7-5-17)28-9-11-30-12-10-28/h3,8,13,15,17-18H,2,4-7,9-12,14H2,1H3,(H,25,26,27)/t17-,18-. The summed E-state index contributed by atoms with van der Waals surface area (Å²) in [5, 5.41) is 5.90. The molecule has 2 aromatic heterocycles. The van der Waals surface area contributed by atoms with Crippen molar-refractivity contribution < 1.29 is 14.3 Å². The van der Waals surface area contributed by atoms with Crippen LogP contribution >= 0.6 is 11.3 Å². The lowest BCUT2D eigenvalue weighted by atomic mass is 9.90. The Morgan fingerprint density at radius 3 is 2.81 bits per heavy atom. The summed E-state index contributed by atoms with van der Waals surface area (Å²) in [5.41, 5.74) is 0.955. The molecule has 0 bridgehead atoms. The zero-order chi connectivity index (χ0) is 21.9. The highest BCUT2D eigenvalue weighted by Crippen LogP contribution is 2.37. The van der Waals surface area contributed by atoms with Crippen molar-refractivity contribution >= 4 is 43.4 Å². The number of morpholine rings is 1. The summed E-state index contributed by atoms with van der Waals surface area (Å²) >= 11 is 1.67. The van der Waals surface area contributed by atoms with Crippen LogP contribution in [0, 0.1) is 0 Å². The molecule has 1 aromatic carbocycles. The SMILES string of the molecule is CCOC(=O)Cc1ccc2sc3ncnc(N[C@H]4CC[C@H](N5CCOCC5)CC4)c3c2c1. The van der Waals surface area contributed by atoms with Crippen LogP contribution in [-0.2, 0) is 20.7 Å². The number of aromatic nitrogens is 2. The Hall–Kier alpha value is -2.29. The smallest absolute Gasteiger partial charge is 0.310 e. The molecule has 1 N–H and O–H groups in total. The van der Waals surface area contributed by atoms with Crippen LogP contribution in [0.2, 0.25) is 0 Å². The lowest BCUT2D eigenvalue weighted by molar-refractivity contribution is -0.142. The van der Waals surface area contributed by atoms with E-state index in [0.29, 0.717) is 18.7 Å². The predicted octanol–water partition coefficient (Wildman–Crippen LogP) is 4.01. The number of ether oxygens (including phenoxy) is 2. The number of carbonyl (C=O) groups is 1. The van der Waals surface area contributed by atoms with Crippen molar-refractivity contribution in [1.82, 2.24) is 14.9 Å². The maximum atomic E-state index is 12.0. The molecule has 3 aromatic rings.